The molecule has 1 aliphatic heterocycles. The Bertz CT molecular complexity index is 443. The molecule has 0 amide bonds. The fraction of sp³-hybridized carbons (Fsp3) is 0.571. The molecule has 2 rings (SSSR count). The number of likely N-dealkylation sites (N-methyl/N-ethyl adjacent to an activating group) is 2. The molecule has 1 heterocycles. The van der Waals surface area contributed by atoms with Gasteiger partial charge in [0, 0.05) is 36.6 Å². The number of rotatable bonds is 3. The largest absolute Gasteiger partial charge is 0.391 e. The van der Waals surface area contributed by atoms with Gasteiger partial charge in [-0.3, -0.25) is 4.90 Å². The van der Waals surface area contributed by atoms with Crippen molar-refractivity contribution in [2.75, 3.05) is 33.7 Å². The zero-order valence-corrected chi connectivity index (χ0v) is 12.9. The standard InChI is InChI=1S/C14H20BrFN2O/c1-17-5-6-18(2)13(9-17)14(19)8-10-7-11(16)3-4-12(10)15/h3-4,7,13-14,19H,5-6,8-9H2,1-2H3. The van der Waals surface area contributed by atoms with E-state index in [1.165, 1.54) is 12.1 Å². The second kappa shape index (κ2) is 6.31. The van der Waals surface area contributed by atoms with Crippen LogP contribution in [0.15, 0.2) is 22.7 Å². The lowest BCUT2D eigenvalue weighted by atomic mass is 9.99. The fourth-order valence-electron chi connectivity index (χ4n) is 2.52. The van der Waals surface area contributed by atoms with Crippen molar-refractivity contribution < 1.29 is 9.50 Å². The minimum absolute atomic E-state index is 0.0916. The minimum atomic E-state index is -0.495. The summed E-state index contributed by atoms with van der Waals surface area (Å²) in [5.41, 5.74) is 0.814. The molecule has 1 aliphatic rings. The first-order valence-electron chi connectivity index (χ1n) is 6.48. The van der Waals surface area contributed by atoms with Gasteiger partial charge in [0.05, 0.1) is 6.10 Å². The van der Waals surface area contributed by atoms with Crippen LogP contribution in [0.2, 0.25) is 0 Å². The van der Waals surface area contributed by atoms with Crippen LogP contribution in [0.5, 0.6) is 0 Å². The monoisotopic (exact) mass is 330 g/mol. The number of hydrogen-bond donors (Lipinski definition) is 1. The van der Waals surface area contributed by atoms with E-state index in [4.69, 9.17) is 0 Å². The van der Waals surface area contributed by atoms with Crippen molar-refractivity contribution in [3.8, 4) is 0 Å². The Morgan fingerprint density at radius 2 is 2.16 bits per heavy atom. The Labute approximate surface area is 122 Å². The average Bonchev–Trinajstić information content (AvgIpc) is 2.36. The van der Waals surface area contributed by atoms with Crippen LogP contribution < -0.4 is 0 Å². The molecular weight excluding hydrogens is 311 g/mol. The van der Waals surface area contributed by atoms with Gasteiger partial charge in [0.15, 0.2) is 0 Å². The predicted octanol–water partition coefficient (Wildman–Crippen LogP) is 1.74. The van der Waals surface area contributed by atoms with Crippen molar-refractivity contribution in [1.82, 2.24) is 9.80 Å². The third kappa shape index (κ3) is 3.75. The second-order valence-electron chi connectivity index (χ2n) is 5.32. The summed E-state index contributed by atoms with van der Waals surface area (Å²) in [6, 6.07) is 4.68. The fourth-order valence-corrected chi connectivity index (χ4v) is 2.93. The molecule has 0 aliphatic carbocycles. The van der Waals surface area contributed by atoms with Gasteiger partial charge in [-0.2, -0.15) is 0 Å². The molecule has 0 spiro atoms. The number of aliphatic hydroxyl groups is 1. The maximum atomic E-state index is 13.3. The van der Waals surface area contributed by atoms with E-state index in [0.29, 0.717) is 6.42 Å². The number of benzene rings is 1. The zero-order chi connectivity index (χ0) is 14.0. The molecule has 106 valence electrons. The first-order chi connectivity index (χ1) is 8.97. The molecule has 0 saturated carbocycles. The number of halogens is 2. The van der Waals surface area contributed by atoms with E-state index >= 15 is 0 Å². The lowest BCUT2D eigenvalue weighted by molar-refractivity contribution is 0.0152. The van der Waals surface area contributed by atoms with Gasteiger partial charge in [0.2, 0.25) is 0 Å². The zero-order valence-electron chi connectivity index (χ0n) is 11.3. The van der Waals surface area contributed by atoms with Crippen molar-refractivity contribution in [2.24, 2.45) is 0 Å². The first kappa shape index (κ1) is 14.9. The summed E-state index contributed by atoms with van der Waals surface area (Å²) in [6.45, 7) is 2.80. The molecule has 1 N–H and O–H groups in total. The van der Waals surface area contributed by atoms with Crippen LogP contribution in [-0.4, -0.2) is 60.8 Å². The molecule has 1 saturated heterocycles. The van der Waals surface area contributed by atoms with Gasteiger partial charge in [-0.15, -0.1) is 0 Å². The maximum absolute atomic E-state index is 13.3. The number of nitrogens with zero attached hydrogens (tertiary/aromatic N) is 2. The normalized spacial score (nSPS) is 23.5. The van der Waals surface area contributed by atoms with Gasteiger partial charge < -0.3 is 10.0 Å². The summed E-state index contributed by atoms with van der Waals surface area (Å²) >= 11 is 3.41. The smallest absolute Gasteiger partial charge is 0.123 e. The maximum Gasteiger partial charge on any atom is 0.123 e. The summed E-state index contributed by atoms with van der Waals surface area (Å²) in [6.07, 6.45) is -0.0351. The molecule has 2 unspecified atom stereocenters. The molecule has 1 aromatic carbocycles. The van der Waals surface area contributed by atoms with Gasteiger partial charge in [-0.25, -0.2) is 4.39 Å². The van der Waals surface area contributed by atoms with Crippen molar-refractivity contribution in [2.45, 2.75) is 18.6 Å². The molecule has 5 heteroatoms. The highest BCUT2D eigenvalue weighted by Gasteiger charge is 2.28. The number of piperazine rings is 1. The molecule has 19 heavy (non-hydrogen) atoms. The number of hydrogen-bond acceptors (Lipinski definition) is 3. The summed E-state index contributed by atoms with van der Waals surface area (Å²) in [5.74, 6) is -0.264. The summed E-state index contributed by atoms with van der Waals surface area (Å²) in [4.78, 5) is 4.40. The first-order valence-corrected chi connectivity index (χ1v) is 7.27. The molecule has 0 radical (unpaired) electrons. The molecule has 0 bridgehead atoms. The van der Waals surface area contributed by atoms with Crippen molar-refractivity contribution in [3.05, 3.63) is 34.1 Å². The lowest BCUT2D eigenvalue weighted by Crippen LogP contribution is -2.55. The van der Waals surface area contributed by atoms with E-state index in [-0.39, 0.29) is 11.9 Å². The van der Waals surface area contributed by atoms with Crippen LogP contribution in [0.25, 0.3) is 0 Å². The van der Waals surface area contributed by atoms with E-state index in [0.717, 1.165) is 29.7 Å². The van der Waals surface area contributed by atoms with Gasteiger partial charge >= 0.3 is 0 Å². The predicted molar refractivity (Wildman–Crippen MR) is 77.7 cm³/mol. The number of aliphatic hydroxyl groups excluding tert-OH is 1. The highest BCUT2D eigenvalue weighted by molar-refractivity contribution is 9.10. The van der Waals surface area contributed by atoms with Gasteiger partial charge in [-0.1, -0.05) is 15.9 Å². The second-order valence-corrected chi connectivity index (χ2v) is 6.17. The Morgan fingerprint density at radius 3 is 2.89 bits per heavy atom. The van der Waals surface area contributed by atoms with E-state index < -0.39 is 6.10 Å². The van der Waals surface area contributed by atoms with E-state index in [2.05, 4.69) is 32.8 Å². The van der Waals surface area contributed by atoms with Crippen molar-refractivity contribution >= 4 is 15.9 Å². The van der Waals surface area contributed by atoms with Crippen LogP contribution in [0.4, 0.5) is 4.39 Å². The topological polar surface area (TPSA) is 26.7 Å². The van der Waals surface area contributed by atoms with E-state index in [1.54, 1.807) is 6.07 Å². The third-order valence-electron chi connectivity index (χ3n) is 3.78. The van der Waals surface area contributed by atoms with E-state index in [1.807, 2.05) is 7.05 Å². The summed E-state index contributed by atoms with van der Waals surface area (Å²) in [5, 5.41) is 10.4. The van der Waals surface area contributed by atoms with Gasteiger partial charge in [0.1, 0.15) is 5.82 Å². The van der Waals surface area contributed by atoms with Crippen LogP contribution in [0.3, 0.4) is 0 Å². The van der Waals surface area contributed by atoms with Crippen LogP contribution >= 0.6 is 15.9 Å². The van der Waals surface area contributed by atoms with Crippen molar-refractivity contribution in [1.29, 1.82) is 0 Å². The molecular formula is C14H20BrFN2O. The summed E-state index contributed by atoms with van der Waals surface area (Å²) in [7, 11) is 4.09. The van der Waals surface area contributed by atoms with Crippen molar-refractivity contribution in [3.63, 3.8) is 0 Å². The Hall–Kier alpha value is -0.490. The summed E-state index contributed by atoms with van der Waals surface area (Å²) < 4.78 is 14.1. The molecule has 0 aromatic heterocycles. The Balaban J connectivity index is 2.07. The van der Waals surface area contributed by atoms with Gasteiger partial charge in [-0.05, 0) is 37.9 Å². The third-order valence-corrected chi connectivity index (χ3v) is 4.55. The average molecular weight is 331 g/mol. The van der Waals surface area contributed by atoms with Crippen LogP contribution in [0.1, 0.15) is 5.56 Å². The quantitative estimate of drug-likeness (QED) is 0.914. The van der Waals surface area contributed by atoms with E-state index in [9.17, 15) is 9.50 Å². The van der Waals surface area contributed by atoms with Crippen LogP contribution in [0, 0.1) is 5.82 Å². The molecule has 2 atom stereocenters. The van der Waals surface area contributed by atoms with Gasteiger partial charge in [0.25, 0.3) is 0 Å². The molecule has 1 fully saturated rings. The highest BCUT2D eigenvalue weighted by Crippen LogP contribution is 2.21. The minimum Gasteiger partial charge on any atom is -0.391 e. The lowest BCUT2D eigenvalue weighted by Gasteiger charge is -2.40. The molecule has 1 aromatic rings. The molecule has 3 nitrogen and oxygen atoms in total. The highest BCUT2D eigenvalue weighted by atomic mass is 79.9. The Morgan fingerprint density at radius 1 is 1.42 bits per heavy atom. The van der Waals surface area contributed by atoms with Crippen LogP contribution in [-0.2, 0) is 6.42 Å². The SMILES string of the molecule is CN1CCN(C)C(C(O)Cc2cc(F)ccc2Br)C1. The Kier molecular flexibility index (Phi) is 4.95.